The standard InChI is InChI=1S/C13H10N4O2/c14-8-9-4-6-10(7-5-9)16-12-3-1-2-11(15)13(12)17(18)19/h1-7,16H,15H2. The highest BCUT2D eigenvalue weighted by atomic mass is 16.6. The first-order valence-corrected chi connectivity index (χ1v) is 5.42. The van der Waals surface area contributed by atoms with Crippen molar-refractivity contribution in [3.05, 3.63) is 58.1 Å². The Morgan fingerprint density at radius 1 is 1.21 bits per heavy atom. The number of nitrogens with one attached hydrogen (secondary N) is 1. The van der Waals surface area contributed by atoms with Crippen molar-refractivity contribution >= 4 is 22.7 Å². The summed E-state index contributed by atoms with van der Waals surface area (Å²) in [6, 6.07) is 13.3. The van der Waals surface area contributed by atoms with Crippen molar-refractivity contribution in [1.29, 1.82) is 5.26 Å². The fourth-order valence-corrected chi connectivity index (χ4v) is 1.65. The smallest absolute Gasteiger partial charge is 0.315 e. The van der Waals surface area contributed by atoms with Crippen molar-refractivity contribution in [1.82, 2.24) is 0 Å². The van der Waals surface area contributed by atoms with Gasteiger partial charge in [-0.05, 0) is 36.4 Å². The minimum absolute atomic E-state index is 0.101. The van der Waals surface area contributed by atoms with Crippen molar-refractivity contribution < 1.29 is 4.92 Å². The molecule has 6 heteroatoms. The molecule has 2 rings (SSSR count). The van der Waals surface area contributed by atoms with Crippen LogP contribution in [-0.2, 0) is 0 Å². The fraction of sp³-hybridized carbons (Fsp3) is 0. The first kappa shape index (κ1) is 12.4. The van der Waals surface area contributed by atoms with E-state index in [9.17, 15) is 10.1 Å². The Morgan fingerprint density at radius 3 is 2.47 bits per heavy atom. The van der Waals surface area contributed by atoms with Gasteiger partial charge in [0.25, 0.3) is 0 Å². The summed E-state index contributed by atoms with van der Waals surface area (Å²) in [6.45, 7) is 0. The maximum atomic E-state index is 11.0. The molecule has 0 aromatic heterocycles. The second kappa shape index (κ2) is 5.06. The van der Waals surface area contributed by atoms with Crippen LogP contribution >= 0.6 is 0 Å². The molecule has 0 aliphatic heterocycles. The molecule has 0 spiro atoms. The predicted molar refractivity (Wildman–Crippen MR) is 71.9 cm³/mol. The van der Waals surface area contributed by atoms with Gasteiger partial charge in [0.1, 0.15) is 11.4 Å². The van der Waals surface area contributed by atoms with Crippen LogP contribution in [-0.4, -0.2) is 4.92 Å². The molecule has 0 radical (unpaired) electrons. The molecule has 94 valence electrons. The first-order valence-electron chi connectivity index (χ1n) is 5.42. The third-order valence-corrected chi connectivity index (χ3v) is 2.54. The zero-order chi connectivity index (χ0) is 13.8. The Labute approximate surface area is 109 Å². The molecule has 0 amide bonds. The fourth-order valence-electron chi connectivity index (χ4n) is 1.65. The number of nitro groups is 1. The molecule has 2 aromatic carbocycles. The molecule has 0 atom stereocenters. The lowest BCUT2D eigenvalue weighted by atomic mass is 10.2. The largest absolute Gasteiger partial charge is 0.393 e. The SMILES string of the molecule is N#Cc1ccc(Nc2cccc(N)c2[N+](=O)[O-])cc1. The van der Waals surface area contributed by atoms with E-state index in [-0.39, 0.29) is 11.4 Å². The second-order valence-electron chi connectivity index (χ2n) is 3.81. The Kier molecular flexibility index (Phi) is 3.30. The van der Waals surface area contributed by atoms with Gasteiger partial charge in [0.05, 0.1) is 16.6 Å². The van der Waals surface area contributed by atoms with Crippen molar-refractivity contribution in [2.45, 2.75) is 0 Å². The van der Waals surface area contributed by atoms with Crippen LogP contribution in [0.5, 0.6) is 0 Å². The van der Waals surface area contributed by atoms with E-state index < -0.39 is 4.92 Å². The third kappa shape index (κ3) is 2.61. The summed E-state index contributed by atoms with van der Waals surface area (Å²) in [5, 5.41) is 22.6. The molecule has 2 aromatic rings. The van der Waals surface area contributed by atoms with Gasteiger partial charge in [-0.3, -0.25) is 10.1 Å². The van der Waals surface area contributed by atoms with Gasteiger partial charge in [0.2, 0.25) is 0 Å². The van der Waals surface area contributed by atoms with Gasteiger partial charge in [0, 0.05) is 5.69 Å². The van der Waals surface area contributed by atoms with Crippen LogP contribution in [0.15, 0.2) is 42.5 Å². The first-order chi connectivity index (χ1) is 9.11. The molecule has 0 aliphatic carbocycles. The summed E-state index contributed by atoms with van der Waals surface area (Å²) >= 11 is 0. The Bertz CT molecular complexity index is 659. The molecule has 6 nitrogen and oxygen atoms in total. The Balaban J connectivity index is 2.35. The van der Waals surface area contributed by atoms with Gasteiger partial charge in [0.15, 0.2) is 0 Å². The van der Waals surface area contributed by atoms with Gasteiger partial charge in [-0.2, -0.15) is 5.26 Å². The quantitative estimate of drug-likeness (QED) is 0.497. The molecule has 0 saturated heterocycles. The average molecular weight is 254 g/mol. The summed E-state index contributed by atoms with van der Waals surface area (Å²) in [7, 11) is 0. The molecule has 0 aliphatic rings. The van der Waals surface area contributed by atoms with Crippen molar-refractivity contribution in [3.63, 3.8) is 0 Å². The summed E-state index contributed by atoms with van der Waals surface area (Å²) in [5.41, 5.74) is 7.02. The number of para-hydroxylation sites is 1. The molecular weight excluding hydrogens is 244 g/mol. The number of nitrogens with zero attached hydrogens (tertiary/aromatic N) is 2. The Morgan fingerprint density at radius 2 is 1.89 bits per heavy atom. The predicted octanol–water partition coefficient (Wildman–Crippen LogP) is 2.79. The van der Waals surface area contributed by atoms with E-state index in [2.05, 4.69) is 5.32 Å². The molecule has 0 unspecified atom stereocenters. The minimum atomic E-state index is -0.526. The lowest BCUT2D eigenvalue weighted by Gasteiger charge is -2.08. The van der Waals surface area contributed by atoms with Crippen LogP contribution in [0.4, 0.5) is 22.7 Å². The van der Waals surface area contributed by atoms with E-state index in [1.165, 1.54) is 6.07 Å². The molecule has 0 saturated carbocycles. The van der Waals surface area contributed by atoms with E-state index >= 15 is 0 Å². The third-order valence-electron chi connectivity index (χ3n) is 2.54. The van der Waals surface area contributed by atoms with E-state index in [0.717, 1.165) is 0 Å². The monoisotopic (exact) mass is 254 g/mol. The number of rotatable bonds is 3. The second-order valence-corrected chi connectivity index (χ2v) is 3.81. The topological polar surface area (TPSA) is 105 Å². The van der Waals surface area contributed by atoms with Crippen LogP contribution in [0.3, 0.4) is 0 Å². The summed E-state index contributed by atoms with van der Waals surface area (Å²) < 4.78 is 0. The highest BCUT2D eigenvalue weighted by Crippen LogP contribution is 2.32. The van der Waals surface area contributed by atoms with E-state index in [1.54, 1.807) is 36.4 Å². The number of nitrogens with two attached hydrogens (primary N) is 1. The van der Waals surface area contributed by atoms with Gasteiger partial charge < -0.3 is 11.1 Å². The van der Waals surface area contributed by atoms with Gasteiger partial charge >= 0.3 is 5.69 Å². The molecule has 19 heavy (non-hydrogen) atoms. The van der Waals surface area contributed by atoms with Crippen LogP contribution in [0.1, 0.15) is 5.56 Å². The minimum Gasteiger partial charge on any atom is -0.393 e. The number of nitrogen functional groups attached to an aromatic ring is 1. The maximum Gasteiger partial charge on any atom is 0.315 e. The number of hydrogen-bond donors (Lipinski definition) is 2. The zero-order valence-electron chi connectivity index (χ0n) is 9.83. The van der Waals surface area contributed by atoms with Crippen LogP contribution in [0.2, 0.25) is 0 Å². The molecule has 3 N–H and O–H groups in total. The van der Waals surface area contributed by atoms with E-state index in [1.807, 2.05) is 6.07 Å². The number of anilines is 3. The van der Waals surface area contributed by atoms with Crippen molar-refractivity contribution in [3.8, 4) is 6.07 Å². The number of nitro benzene ring substituents is 1. The van der Waals surface area contributed by atoms with Crippen LogP contribution < -0.4 is 11.1 Å². The van der Waals surface area contributed by atoms with Crippen LogP contribution in [0, 0.1) is 21.4 Å². The molecular formula is C13H10N4O2. The molecule has 0 bridgehead atoms. The number of benzene rings is 2. The maximum absolute atomic E-state index is 11.0. The molecule has 0 heterocycles. The summed E-state index contributed by atoms with van der Waals surface area (Å²) in [5.74, 6) is 0. The lowest BCUT2D eigenvalue weighted by molar-refractivity contribution is -0.383. The van der Waals surface area contributed by atoms with Crippen LogP contribution in [0.25, 0.3) is 0 Å². The zero-order valence-corrected chi connectivity index (χ0v) is 9.83. The van der Waals surface area contributed by atoms with Crippen molar-refractivity contribution in [2.75, 3.05) is 11.1 Å². The summed E-state index contributed by atoms with van der Waals surface area (Å²) in [4.78, 5) is 10.4. The van der Waals surface area contributed by atoms with E-state index in [4.69, 9.17) is 11.0 Å². The Hall–Kier alpha value is -3.07. The van der Waals surface area contributed by atoms with E-state index in [0.29, 0.717) is 16.9 Å². The average Bonchev–Trinajstić information content (AvgIpc) is 2.39. The highest BCUT2D eigenvalue weighted by molar-refractivity contribution is 5.78. The van der Waals surface area contributed by atoms with Gasteiger partial charge in [-0.25, -0.2) is 0 Å². The lowest BCUT2D eigenvalue weighted by Crippen LogP contribution is -2.00. The molecule has 0 fully saturated rings. The summed E-state index contributed by atoms with van der Waals surface area (Å²) in [6.07, 6.45) is 0. The highest BCUT2D eigenvalue weighted by Gasteiger charge is 2.17. The van der Waals surface area contributed by atoms with Gasteiger partial charge in [-0.1, -0.05) is 6.07 Å². The number of nitriles is 1. The normalized spacial score (nSPS) is 9.63. The van der Waals surface area contributed by atoms with Gasteiger partial charge in [-0.15, -0.1) is 0 Å². The number of hydrogen-bond acceptors (Lipinski definition) is 5. The van der Waals surface area contributed by atoms with Crippen molar-refractivity contribution in [2.24, 2.45) is 0 Å².